The van der Waals surface area contributed by atoms with Gasteiger partial charge in [-0.25, -0.2) is 4.68 Å². The lowest BCUT2D eigenvalue weighted by atomic mass is 10.0. The Morgan fingerprint density at radius 1 is 1.32 bits per heavy atom. The Hall–Kier alpha value is -1.89. The number of carbonyl (C=O) groups is 1. The Kier molecular flexibility index (Phi) is 5.73. The molecule has 1 aliphatic carbocycles. The fourth-order valence-corrected chi connectivity index (χ4v) is 3.94. The summed E-state index contributed by atoms with van der Waals surface area (Å²) < 4.78 is 1.89. The third-order valence-electron chi connectivity index (χ3n) is 4.87. The molecule has 1 saturated carbocycles. The van der Waals surface area contributed by atoms with Crippen LogP contribution in [0.25, 0.3) is 0 Å². The van der Waals surface area contributed by atoms with Crippen molar-refractivity contribution in [1.29, 1.82) is 0 Å². The summed E-state index contributed by atoms with van der Waals surface area (Å²) in [5.41, 5.74) is 3.62. The van der Waals surface area contributed by atoms with Gasteiger partial charge in [-0.3, -0.25) is 4.79 Å². The molecule has 25 heavy (non-hydrogen) atoms. The maximum atomic E-state index is 12.3. The molecule has 6 nitrogen and oxygen atoms in total. The molecule has 1 unspecified atom stereocenters. The molecule has 1 aromatic heterocycles. The SMILES string of the molecule is Cc1ccc(C(C)NC(=O)CSc2nnnn2C2CCCC2)cc1C. The van der Waals surface area contributed by atoms with Crippen LogP contribution in [0.4, 0.5) is 0 Å². The number of aromatic nitrogens is 4. The second kappa shape index (κ2) is 7.99. The van der Waals surface area contributed by atoms with E-state index in [0.29, 0.717) is 11.8 Å². The van der Waals surface area contributed by atoms with E-state index >= 15 is 0 Å². The summed E-state index contributed by atoms with van der Waals surface area (Å²) in [5.74, 6) is 0.319. The summed E-state index contributed by atoms with van der Waals surface area (Å²) in [6, 6.07) is 6.67. The van der Waals surface area contributed by atoms with Crippen molar-refractivity contribution >= 4 is 17.7 Å². The average molecular weight is 359 g/mol. The number of carbonyl (C=O) groups excluding carboxylic acids is 1. The quantitative estimate of drug-likeness (QED) is 0.801. The van der Waals surface area contributed by atoms with Crippen molar-refractivity contribution in [3.63, 3.8) is 0 Å². The molecule has 0 bridgehead atoms. The van der Waals surface area contributed by atoms with Gasteiger partial charge in [-0.15, -0.1) is 5.10 Å². The highest BCUT2D eigenvalue weighted by Gasteiger charge is 2.22. The molecule has 134 valence electrons. The summed E-state index contributed by atoms with van der Waals surface area (Å²) in [4.78, 5) is 12.3. The number of hydrogen-bond donors (Lipinski definition) is 1. The first-order chi connectivity index (χ1) is 12.0. The highest BCUT2D eigenvalue weighted by molar-refractivity contribution is 7.99. The van der Waals surface area contributed by atoms with Crippen molar-refractivity contribution in [3.05, 3.63) is 34.9 Å². The fourth-order valence-electron chi connectivity index (χ4n) is 3.19. The van der Waals surface area contributed by atoms with Gasteiger partial charge in [-0.2, -0.15) is 0 Å². The van der Waals surface area contributed by atoms with E-state index in [9.17, 15) is 4.79 Å². The lowest BCUT2D eigenvalue weighted by molar-refractivity contribution is -0.119. The van der Waals surface area contributed by atoms with Crippen LogP contribution in [0.2, 0.25) is 0 Å². The number of thioether (sulfide) groups is 1. The van der Waals surface area contributed by atoms with Crippen LogP contribution in [-0.2, 0) is 4.79 Å². The van der Waals surface area contributed by atoms with Gasteiger partial charge >= 0.3 is 0 Å². The molecular weight excluding hydrogens is 334 g/mol. The van der Waals surface area contributed by atoms with Crippen LogP contribution in [0.5, 0.6) is 0 Å². The molecule has 3 rings (SSSR count). The summed E-state index contributed by atoms with van der Waals surface area (Å²) in [6.07, 6.45) is 4.69. The summed E-state index contributed by atoms with van der Waals surface area (Å²) in [5, 5.41) is 15.8. The molecule has 1 aromatic carbocycles. The van der Waals surface area contributed by atoms with Crippen molar-refractivity contribution in [3.8, 4) is 0 Å². The van der Waals surface area contributed by atoms with Crippen LogP contribution in [0, 0.1) is 13.8 Å². The van der Waals surface area contributed by atoms with E-state index in [1.165, 1.54) is 35.7 Å². The lowest BCUT2D eigenvalue weighted by Gasteiger charge is -2.16. The Morgan fingerprint density at radius 2 is 2.08 bits per heavy atom. The van der Waals surface area contributed by atoms with E-state index in [2.05, 4.69) is 52.9 Å². The minimum absolute atomic E-state index is 0.00306. The Labute approximate surface area is 152 Å². The molecule has 0 radical (unpaired) electrons. The fraction of sp³-hybridized carbons (Fsp3) is 0.556. The minimum atomic E-state index is -0.0155. The van der Waals surface area contributed by atoms with Crippen LogP contribution in [0.1, 0.15) is 61.4 Å². The zero-order chi connectivity index (χ0) is 17.8. The van der Waals surface area contributed by atoms with E-state index < -0.39 is 0 Å². The van der Waals surface area contributed by atoms with E-state index in [1.54, 1.807) is 0 Å². The van der Waals surface area contributed by atoms with Gasteiger partial charge in [0.1, 0.15) is 0 Å². The molecule has 1 heterocycles. The topological polar surface area (TPSA) is 72.7 Å². The molecular formula is C18H25N5OS. The van der Waals surface area contributed by atoms with Gasteiger partial charge in [0.2, 0.25) is 11.1 Å². The standard InChI is InChI=1S/C18H25N5OS/c1-12-8-9-15(10-13(12)2)14(3)19-17(24)11-25-18-20-21-22-23(18)16-6-4-5-7-16/h8-10,14,16H,4-7,11H2,1-3H3,(H,19,24). The molecule has 7 heteroatoms. The number of nitrogens with one attached hydrogen (secondary N) is 1. The summed E-state index contributed by atoms with van der Waals surface area (Å²) in [6.45, 7) is 6.19. The molecule has 1 aliphatic rings. The predicted molar refractivity (Wildman–Crippen MR) is 98.5 cm³/mol. The Bertz CT molecular complexity index is 739. The average Bonchev–Trinajstić information content (AvgIpc) is 3.26. The van der Waals surface area contributed by atoms with Crippen LogP contribution in [0.15, 0.2) is 23.4 Å². The third-order valence-corrected chi connectivity index (χ3v) is 5.81. The second-order valence-electron chi connectivity index (χ2n) is 6.77. The number of aryl methyl sites for hydroxylation is 2. The van der Waals surface area contributed by atoms with Crippen molar-refractivity contribution in [2.75, 3.05) is 5.75 Å². The zero-order valence-electron chi connectivity index (χ0n) is 15.0. The second-order valence-corrected chi connectivity index (χ2v) is 7.71. The first kappa shape index (κ1) is 17.9. The van der Waals surface area contributed by atoms with E-state index in [4.69, 9.17) is 0 Å². The number of nitrogens with zero attached hydrogens (tertiary/aromatic N) is 4. The zero-order valence-corrected chi connectivity index (χ0v) is 15.8. The molecule has 0 spiro atoms. The summed E-state index contributed by atoms with van der Waals surface area (Å²) in [7, 11) is 0. The largest absolute Gasteiger partial charge is 0.349 e. The third kappa shape index (κ3) is 4.39. The van der Waals surface area contributed by atoms with Crippen LogP contribution >= 0.6 is 11.8 Å². The number of hydrogen-bond acceptors (Lipinski definition) is 5. The van der Waals surface area contributed by atoms with Crippen molar-refractivity contribution < 1.29 is 4.79 Å². The smallest absolute Gasteiger partial charge is 0.230 e. The van der Waals surface area contributed by atoms with E-state index in [-0.39, 0.29) is 11.9 Å². The molecule has 1 N–H and O–H groups in total. The molecule has 2 aromatic rings. The van der Waals surface area contributed by atoms with Crippen LogP contribution in [0.3, 0.4) is 0 Å². The van der Waals surface area contributed by atoms with Crippen LogP contribution < -0.4 is 5.32 Å². The first-order valence-electron chi connectivity index (χ1n) is 8.82. The van der Waals surface area contributed by atoms with E-state index in [0.717, 1.165) is 23.6 Å². The Morgan fingerprint density at radius 3 is 2.80 bits per heavy atom. The lowest BCUT2D eigenvalue weighted by Crippen LogP contribution is -2.28. The van der Waals surface area contributed by atoms with Crippen molar-refractivity contribution in [1.82, 2.24) is 25.5 Å². The van der Waals surface area contributed by atoms with Gasteiger partial charge in [-0.1, -0.05) is 42.8 Å². The monoisotopic (exact) mass is 359 g/mol. The number of rotatable bonds is 6. The molecule has 0 saturated heterocycles. The van der Waals surface area contributed by atoms with Crippen molar-refractivity contribution in [2.24, 2.45) is 0 Å². The molecule has 0 aliphatic heterocycles. The van der Waals surface area contributed by atoms with Gasteiger partial charge in [0.15, 0.2) is 0 Å². The first-order valence-corrected chi connectivity index (χ1v) is 9.80. The molecule has 1 atom stereocenters. The van der Waals surface area contributed by atoms with Crippen molar-refractivity contribution in [2.45, 2.75) is 63.7 Å². The maximum absolute atomic E-state index is 12.3. The normalized spacial score (nSPS) is 16.1. The molecule has 1 amide bonds. The minimum Gasteiger partial charge on any atom is -0.349 e. The predicted octanol–water partition coefficient (Wildman–Crippen LogP) is 3.37. The van der Waals surface area contributed by atoms with Gasteiger partial charge in [-0.05, 0) is 60.7 Å². The number of amides is 1. The maximum Gasteiger partial charge on any atom is 0.230 e. The van der Waals surface area contributed by atoms with Gasteiger partial charge in [0.05, 0.1) is 17.8 Å². The van der Waals surface area contributed by atoms with Gasteiger partial charge in [0.25, 0.3) is 0 Å². The highest BCUT2D eigenvalue weighted by atomic mass is 32.2. The van der Waals surface area contributed by atoms with Gasteiger partial charge < -0.3 is 5.32 Å². The number of benzene rings is 1. The highest BCUT2D eigenvalue weighted by Crippen LogP contribution is 2.31. The Balaban J connectivity index is 1.54. The number of tetrazole rings is 1. The van der Waals surface area contributed by atoms with Gasteiger partial charge in [0, 0.05) is 0 Å². The molecule has 1 fully saturated rings. The van der Waals surface area contributed by atoms with Crippen LogP contribution in [-0.4, -0.2) is 31.9 Å². The summed E-state index contributed by atoms with van der Waals surface area (Å²) >= 11 is 1.41. The van der Waals surface area contributed by atoms with E-state index in [1.807, 2.05) is 11.6 Å².